The van der Waals surface area contributed by atoms with Crippen molar-refractivity contribution < 1.29 is 4.79 Å². The number of hydrogen-bond acceptors (Lipinski definition) is 6. The Hall–Kier alpha value is -3.62. The summed E-state index contributed by atoms with van der Waals surface area (Å²) in [4.78, 5) is 40.3. The van der Waals surface area contributed by atoms with Crippen molar-refractivity contribution in [1.29, 1.82) is 0 Å². The zero-order chi connectivity index (χ0) is 21.1. The van der Waals surface area contributed by atoms with Crippen LogP contribution in [0.4, 0.5) is 0 Å². The van der Waals surface area contributed by atoms with Gasteiger partial charge in [0.1, 0.15) is 5.69 Å². The number of nitrogens with one attached hydrogen (secondary N) is 1. The lowest BCUT2D eigenvalue weighted by molar-refractivity contribution is 0.0914. The lowest BCUT2D eigenvalue weighted by Crippen LogP contribution is -2.40. The lowest BCUT2D eigenvalue weighted by Gasteiger charge is -2.29. The molecule has 0 bridgehead atoms. The van der Waals surface area contributed by atoms with Gasteiger partial charge in [-0.15, -0.1) is 0 Å². The largest absolute Gasteiger partial charge is 0.348 e. The van der Waals surface area contributed by atoms with Crippen LogP contribution in [0.1, 0.15) is 42.2 Å². The molecule has 0 aliphatic heterocycles. The molecule has 1 aliphatic rings. The molecule has 3 aromatic heterocycles. The minimum Gasteiger partial charge on any atom is -0.348 e. The Labute approximate surface area is 172 Å². The summed E-state index contributed by atoms with van der Waals surface area (Å²) in [6.07, 6.45) is 6.33. The molecule has 1 aliphatic carbocycles. The zero-order valence-electron chi connectivity index (χ0n) is 16.6. The summed E-state index contributed by atoms with van der Waals surface area (Å²) in [7, 11) is 1.51. The average Bonchev–Trinajstić information content (AvgIpc) is 2.77. The number of nitrogens with zero attached hydrogens (tertiary/aromatic N) is 5. The molecule has 1 amide bonds. The van der Waals surface area contributed by atoms with Gasteiger partial charge in [0.05, 0.1) is 11.7 Å². The highest BCUT2D eigenvalue weighted by atomic mass is 16.2. The van der Waals surface area contributed by atoms with Crippen LogP contribution in [0.15, 0.2) is 58.4 Å². The smallest absolute Gasteiger partial charge is 0.271 e. The van der Waals surface area contributed by atoms with Crippen LogP contribution in [0.2, 0.25) is 0 Å². The maximum Gasteiger partial charge on any atom is 0.271 e. The van der Waals surface area contributed by atoms with Gasteiger partial charge in [0.25, 0.3) is 17.0 Å². The molecule has 0 spiro atoms. The van der Waals surface area contributed by atoms with Gasteiger partial charge in [0.2, 0.25) is 0 Å². The van der Waals surface area contributed by atoms with Crippen molar-refractivity contribution >= 4 is 5.91 Å². The Bertz CT molecular complexity index is 1160. The summed E-state index contributed by atoms with van der Waals surface area (Å²) in [6.45, 7) is 0. The molecule has 9 nitrogen and oxygen atoms in total. The topological polar surface area (TPSA) is 112 Å². The number of aryl methyl sites for hydroxylation is 1. The van der Waals surface area contributed by atoms with Gasteiger partial charge in [-0.3, -0.25) is 19.4 Å². The van der Waals surface area contributed by atoms with Crippen molar-refractivity contribution in [2.24, 2.45) is 7.05 Å². The fourth-order valence-electron chi connectivity index (χ4n) is 3.70. The SMILES string of the molecule is Cn1nc(C(=O)NC2CCC(n3nc(-c4cccnc4)ccc3=O)CC2)ccc1=O. The van der Waals surface area contributed by atoms with Gasteiger partial charge < -0.3 is 5.32 Å². The van der Waals surface area contributed by atoms with E-state index in [9.17, 15) is 14.4 Å². The van der Waals surface area contributed by atoms with E-state index in [1.54, 1.807) is 23.1 Å². The molecule has 0 radical (unpaired) electrons. The van der Waals surface area contributed by atoms with Gasteiger partial charge in [-0.05, 0) is 49.9 Å². The standard InChI is InChI=1S/C21H22N6O3/c1-26-19(28)10-9-18(24-26)21(30)23-15-4-6-16(7-5-15)27-20(29)11-8-17(25-27)14-3-2-12-22-13-14/h2-3,8-13,15-16H,4-7H2,1H3,(H,23,30). The minimum atomic E-state index is -0.303. The number of hydrogen-bond donors (Lipinski definition) is 1. The van der Waals surface area contributed by atoms with Crippen molar-refractivity contribution in [3.63, 3.8) is 0 Å². The first-order chi connectivity index (χ1) is 14.5. The van der Waals surface area contributed by atoms with Crippen LogP contribution >= 0.6 is 0 Å². The maximum absolute atomic E-state index is 12.4. The van der Waals surface area contributed by atoms with Gasteiger partial charge in [0.15, 0.2) is 0 Å². The van der Waals surface area contributed by atoms with Crippen molar-refractivity contribution in [1.82, 2.24) is 29.9 Å². The molecule has 3 heterocycles. The molecule has 3 aromatic rings. The second-order valence-electron chi connectivity index (χ2n) is 7.40. The molecule has 1 N–H and O–H groups in total. The summed E-state index contributed by atoms with van der Waals surface area (Å²) < 4.78 is 2.69. The van der Waals surface area contributed by atoms with E-state index >= 15 is 0 Å². The van der Waals surface area contributed by atoms with Crippen LogP contribution in [0.25, 0.3) is 11.3 Å². The molecule has 1 saturated carbocycles. The fraction of sp³-hybridized carbons (Fsp3) is 0.333. The number of aromatic nitrogens is 5. The summed E-state index contributed by atoms with van der Waals surface area (Å²) in [6, 6.07) is 9.71. The predicted octanol–water partition coefficient (Wildman–Crippen LogP) is 1.31. The lowest BCUT2D eigenvalue weighted by atomic mass is 9.91. The Kier molecular flexibility index (Phi) is 5.51. The van der Waals surface area contributed by atoms with Gasteiger partial charge in [-0.25, -0.2) is 9.36 Å². The van der Waals surface area contributed by atoms with Gasteiger partial charge >= 0.3 is 0 Å². The third-order valence-electron chi connectivity index (χ3n) is 5.35. The van der Waals surface area contributed by atoms with E-state index in [1.165, 1.54) is 25.2 Å². The number of amides is 1. The first kappa shape index (κ1) is 19.7. The van der Waals surface area contributed by atoms with Gasteiger partial charge in [-0.2, -0.15) is 10.2 Å². The fourth-order valence-corrected chi connectivity index (χ4v) is 3.70. The molecule has 154 valence electrons. The van der Waals surface area contributed by atoms with E-state index in [0.29, 0.717) is 5.69 Å². The van der Waals surface area contributed by atoms with Gasteiger partial charge in [0, 0.05) is 43.2 Å². The first-order valence-corrected chi connectivity index (χ1v) is 9.87. The molecule has 0 aromatic carbocycles. The number of carbonyl (C=O) groups is 1. The van der Waals surface area contributed by atoms with Crippen LogP contribution < -0.4 is 16.4 Å². The third-order valence-corrected chi connectivity index (χ3v) is 5.35. The van der Waals surface area contributed by atoms with Gasteiger partial charge in [-0.1, -0.05) is 0 Å². The third kappa shape index (κ3) is 4.19. The highest BCUT2D eigenvalue weighted by Gasteiger charge is 2.25. The van der Waals surface area contributed by atoms with E-state index in [2.05, 4.69) is 20.5 Å². The second-order valence-corrected chi connectivity index (χ2v) is 7.40. The quantitative estimate of drug-likeness (QED) is 0.699. The summed E-state index contributed by atoms with van der Waals surface area (Å²) in [5, 5.41) is 11.5. The van der Waals surface area contributed by atoms with Crippen LogP contribution in [-0.4, -0.2) is 36.5 Å². The molecule has 0 saturated heterocycles. The molecule has 0 unspecified atom stereocenters. The van der Waals surface area contributed by atoms with Crippen molar-refractivity contribution in [3.05, 3.63) is 75.2 Å². The molecular formula is C21H22N6O3. The molecule has 1 fully saturated rings. The van der Waals surface area contributed by atoms with Crippen LogP contribution in [0.5, 0.6) is 0 Å². The highest BCUT2D eigenvalue weighted by molar-refractivity contribution is 5.92. The summed E-state index contributed by atoms with van der Waals surface area (Å²) in [5.41, 5.74) is 1.38. The average molecular weight is 406 g/mol. The summed E-state index contributed by atoms with van der Waals surface area (Å²) in [5.74, 6) is -0.303. The Morgan fingerprint density at radius 3 is 2.47 bits per heavy atom. The zero-order valence-corrected chi connectivity index (χ0v) is 16.6. The van der Waals surface area contributed by atoms with E-state index in [1.807, 2.05) is 12.1 Å². The van der Waals surface area contributed by atoms with Crippen LogP contribution in [0.3, 0.4) is 0 Å². The van der Waals surface area contributed by atoms with Crippen LogP contribution in [0, 0.1) is 0 Å². The Balaban J connectivity index is 1.42. The predicted molar refractivity (Wildman–Crippen MR) is 110 cm³/mol. The van der Waals surface area contributed by atoms with E-state index in [-0.39, 0.29) is 34.8 Å². The molecular weight excluding hydrogens is 384 g/mol. The van der Waals surface area contributed by atoms with Crippen molar-refractivity contribution in [2.75, 3.05) is 0 Å². The highest BCUT2D eigenvalue weighted by Crippen LogP contribution is 2.27. The minimum absolute atomic E-state index is 0.00927. The first-order valence-electron chi connectivity index (χ1n) is 9.87. The number of carbonyl (C=O) groups excluding carboxylic acids is 1. The van der Waals surface area contributed by atoms with Crippen molar-refractivity contribution in [3.8, 4) is 11.3 Å². The second kappa shape index (κ2) is 8.40. The number of rotatable bonds is 4. The monoisotopic (exact) mass is 406 g/mol. The molecule has 4 rings (SSSR count). The van der Waals surface area contributed by atoms with Crippen LogP contribution in [-0.2, 0) is 7.05 Å². The molecule has 30 heavy (non-hydrogen) atoms. The van der Waals surface area contributed by atoms with E-state index < -0.39 is 0 Å². The Morgan fingerprint density at radius 1 is 1.00 bits per heavy atom. The van der Waals surface area contributed by atoms with Crippen molar-refractivity contribution in [2.45, 2.75) is 37.8 Å². The van der Waals surface area contributed by atoms with E-state index in [0.717, 1.165) is 35.9 Å². The Morgan fingerprint density at radius 2 is 1.77 bits per heavy atom. The number of pyridine rings is 1. The van der Waals surface area contributed by atoms with E-state index in [4.69, 9.17) is 0 Å². The normalized spacial score (nSPS) is 18.7. The maximum atomic E-state index is 12.4. The molecule has 0 atom stereocenters. The summed E-state index contributed by atoms with van der Waals surface area (Å²) >= 11 is 0. The molecule has 9 heteroatoms.